The van der Waals surface area contributed by atoms with Crippen molar-refractivity contribution in [3.8, 4) is 62.1 Å². The van der Waals surface area contributed by atoms with E-state index in [1.54, 1.807) is 18.3 Å². The van der Waals surface area contributed by atoms with Crippen LogP contribution in [0, 0.1) is 20.0 Å². The van der Waals surface area contributed by atoms with Crippen LogP contribution in [0.4, 0.5) is 0 Å². The second-order valence-electron chi connectivity index (χ2n) is 21.4. The molecule has 0 amide bonds. The summed E-state index contributed by atoms with van der Waals surface area (Å²) >= 11 is 0. The molecule has 0 fully saturated rings. The first kappa shape index (κ1) is 23.7. The summed E-state index contributed by atoms with van der Waals surface area (Å²) in [4.78, 5) is 4.78. The Kier molecular flexibility index (Phi) is 5.57. The van der Waals surface area contributed by atoms with Crippen molar-refractivity contribution in [1.29, 1.82) is 0 Å². The van der Waals surface area contributed by atoms with Crippen molar-refractivity contribution in [2.24, 2.45) is 0 Å². The van der Waals surface area contributed by atoms with E-state index in [2.05, 4.69) is 6.33 Å². The number of ether oxygens (including phenoxy) is 1. The van der Waals surface area contributed by atoms with Gasteiger partial charge in [0.25, 0.3) is 6.33 Å². The monoisotopic (exact) mass is 1120 g/mol. The molecule has 0 saturated heterocycles. The van der Waals surface area contributed by atoms with E-state index in [4.69, 9.17) is 30.3 Å². The summed E-state index contributed by atoms with van der Waals surface area (Å²) in [6.45, 7) is -32.2. The maximum absolute atomic E-state index is 10.6. The van der Waals surface area contributed by atoms with Gasteiger partial charge in [0.1, 0.15) is 17.3 Å². The summed E-state index contributed by atoms with van der Waals surface area (Å²) in [6.07, 6.45) is -18.5. The molecule has 1 atom stereocenters. The lowest BCUT2D eigenvalue weighted by atomic mass is 9.61. The highest BCUT2D eigenvalue weighted by atomic mass is 16.5. The zero-order valence-corrected chi connectivity index (χ0v) is 44.5. The third-order valence-electron chi connectivity index (χ3n) is 15.0. The van der Waals surface area contributed by atoms with Gasteiger partial charge < -0.3 is 4.74 Å². The van der Waals surface area contributed by atoms with E-state index in [9.17, 15) is 38.4 Å². The molecule has 0 radical (unpaired) electrons. The lowest BCUT2D eigenvalue weighted by Gasteiger charge is -2.43. The molecule has 3 aromatic heterocycles. The number of hydrogen-bond acceptors (Lipinski definition) is 2. The minimum atomic E-state index is -4.95. The number of aryl methyl sites for hydroxylation is 2. The van der Waals surface area contributed by atoms with Gasteiger partial charge in [-0.15, -0.1) is 0 Å². The number of hydrogen-bond donors (Lipinski definition) is 0. The van der Waals surface area contributed by atoms with Crippen LogP contribution in [-0.2, 0) is 27.1 Å². The van der Waals surface area contributed by atoms with Gasteiger partial charge in [0.05, 0.1) is 41.7 Å². The Balaban J connectivity index is 1.27. The van der Waals surface area contributed by atoms with Gasteiger partial charge in [-0.05, 0) is 200 Å². The highest BCUT2D eigenvalue weighted by molar-refractivity contribution is 6.09. The first-order chi connectivity index (χ1) is 56.6. The molecular weight excluding hydrogens is 997 g/mol. The molecule has 0 aliphatic heterocycles. The number of nitrogens with zero attached hydrogens (tertiary/aromatic N) is 4. The molecule has 5 nitrogen and oxygen atoms in total. The highest BCUT2D eigenvalue weighted by Crippen LogP contribution is 2.51. The molecule has 13 rings (SSSR count). The fourth-order valence-corrected chi connectivity index (χ4v) is 10.8. The van der Waals surface area contributed by atoms with Gasteiger partial charge >= 0.3 is 0 Å². The predicted molar refractivity (Wildman–Crippen MR) is 342 cm³/mol. The van der Waals surface area contributed by atoms with E-state index in [0.717, 1.165) is 68.9 Å². The van der Waals surface area contributed by atoms with Crippen LogP contribution in [0.3, 0.4) is 0 Å². The van der Waals surface area contributed by atoms with Crippen LogP contribution in [0.2, 0.25) is 0 Å². The van der Waals surface area contributed by atoms with Crippen molar-refractivity contribution in [2.45, 2.75) is 148 Å². The summed E-state index contributed by atoms with van der Waals surface area (Å²) in [5.74, 6) is 0.757. The fourth-order valence-electron chi connectivity index (χ4n) is 10.8. The fraction of sp³-hybridized carbons (Fsp3) is 0.299. The Bertz CT molecular complexity index is 5990. The Labute approximate surface area is 546 Å². The van der Waals surface area contributed by atoms with Crippen LogP contribution in [0.25, 0.3) is 83.4 Å². The Morgan fingerprint density at radius 1 is 0.622 bits per heavy atom. The molecule has 11 aromatic rings. The molecule has 0 saturated carbocycles. The topological polar surface area (TPSA) is 35.9 Å². The summed E-state index contributed by atoms with van der Waals surface area (Å²) in [6, 6.07) is 20.9. The van der Waals surface area contributed by atoms with Crippen LogP contribution in [0.5, 0.6) is 11.5 Å². The number of pyridine rings is 1. The Hall–Kier alpha value is -8.02. The third-order valence-corrected chi connectivity index (χ3v) is 15.0. The van der Waals surface area contributed by atoms with Crippen molar-refractivity contribution in [3.05, 3.63) is 221 Å². The van der Waals surface area contributed by atoms with Crippen LogP contribution in [0.1, 0.15) is 205 Å². The molecule has 5 heteroatoms. The van der Waals surface area contributed by atoms with Crippen LogP contribution in [0.15, 0.2) is 176 Å². The first-order valence-electron chi connectivity index (χ1n) is 47.5. The van der Waals surface area contributed by atoms with Gasteiger partial charge in [-0.2, -0.15) is 0 Å². The van der Waals surface area contributed by atoms with Crippen LogP contribution < -0.4 is 9.30 Å². The third kappa shape index (κ3) is 8.89. The van der Waals surface area contributed by atoms with Crippen molar-refractivity contribution in [3.63, 3.8) is 0 Å². The minimum absolute atomic E-state index is 0.0116. The van der Waals surface area contributed by atoms with Gasteiger partial charge in [-0.25, -0.2) is 4.98 Å². The van der Waals surface area contributed by atoms with E-state index in [0.29, 0.717) is 18.3 Å². The van der Waals surface area contributed by atoms with Crippen molar-refractivity contribution < 1.29 is 68.2 Å². The molecule has 0 bridgehead atoms. The lowest BCUT2D eigenvalue weighted by Crippen LogP contribution is -2.35. The Morgan fingerprint density at radius 2 is 1.28 bits per heavy atom. The molecule has 8 aromatic carbocycles. The number of aromatic nitrogens is 4. The van der Waals surface area contributed by atoms with Gasteiger partial charge in [0.2, 0.25) is 0 Å². The van der Waals surface area contributed by atoms with E-state index >= 15 is 0 Å². The van der Waals surface area contributed by atoms with E-state index in [1.165, 1.54) is 41.0 Å². The van der Waals surface area contributed by atoms with Gasteiger partial charge in [0.15, 0.2) is 0 Å². The lowest BCUT2D eigenvalue weighted by molar-refractivity contribution is -0.571. The second kappa shape index (κ2) is 19.3. The molecular formula is C77H78N4O. The number of rotatable bonds is 9. The number of imidazole rings is 1. The van der Waals surface area contributed by atoms with E-state index in [-0.39, 0.29) is 33.7 Å². The van der Waals surface area contributed by atoms with Crippen molar-refractivity contribution in [1.82, 2.24) is 14.1 Å². The van der Waals surface area contributed by atoms with Crippen molar-refractivity contribution >= 4 is 32.8 Å². The standard InChI is InChI=1S/C77H78N4O/c1-14-77(13)40-39-76(11,12)65-43-52(29-34-63(65)77)59-26-19-25-58(51-28-33-62-64(42-51)75(9,10)38-37-74(62,7)8)72(59)80-48-79(67-35-30-53(44-69(67)80)71-49(2)20-17-21-50(71)3)55-22-18-23-56(46-55)82-57-31-32-61-60-24-15-16-27-66(60)81(68(61)47-57)70-45-54(36-41-78-70)73(4,5)6/h15-36,41-47H,14,37-40H2,1-13H3/i2D3,3D3,7D3,8D3,9D3,10D3,11D3,12D3,13D3,14D2,28D,29D,33D,34D,37D2,38D2,39D2,40D2,42D,43D. The first-order valence-corrected chi connectivity index (χ1v) is 26.0. The summed E-state index contributed by atoms with van der Waals surface area (Å²) < 4.78 is 414. The number of fused-ring (bicyclic) bond motifs is 6. The zero-order valence-electron chi connectivity index (χ0n) is 87.5. The zero-order chi connectivity index (χ0) is 93.9. The van der Waals surface area contributed by atoms with Crippen LogP contribution >= 0.6 is 0 Å². The SMILES string of the molecule is [2H]c1c([2H])c2c(c([2H])c1-c1cccc(-c3c([2H])c([2H])c4c(c3[2H])C(C([2H])([2H])[2H])(C([2H])([2H])[2H])C([2H])([2H])C([2H])([2H])C4(C([2H])([2H])[2H])C([2H])([2H])C)c1-[n+]1[c-]n(-c3cccc(Oc4ccc5c6ccccc6n(-c6cc(C(C)(C)C)ccn6)c5c4)c3)c3ccc(-c4c(C([2H])([2H])[2H])cccc4C([2H])([2H])[2H])cc31)C(C([2H])([2H])[2H])(C([2H])([2H])[2H])C([2H])([2H])C([2H])([2H])C2(C([2H])([2H])[2H])C([2H])([2H])[2H]. The number of para-hydroxylation sites is 2. The predicted octanol–water partition coefficient (Wildman–Crippen LogP) is 20.0. The quantitative estimate of drug-likeness (QED) is 0.107. The second-order valence-corrected chi connectivity index (χ2v) is 21.4. The molecule has 2 aliphatic carbocycles. The summed E-state index contributed by atoms with van der Waals surface area (Å²) in [5.41, 5.74) is -33.3. The molecule has 2 aliphatic rings. The van der Waals surface area contributed by atoms with Gasteiger partial charge in [0, 0.05) is 73.8 Å². The van der Waals surface area contributed by atoms with Crippen LogP contribution in [-0.4, -0.2) is 14.1 Å². The molecule has 0 spiro atoms. The summed E-state index contributed by atoms with van der Waals surface area (Å²) in [7, 11) is 0. The molecule has 1 unspecified atom stereocenters. The van der Waals surface area contributed by atoms with Gasteiger partial charge in [-0.1, -0.05) is 185 Å². The summed E-state index contributed by atoms with van der Waals surface area (Å²) in [5, 5.41) is 1.60. The number of benzene rings is 8. The minimum Gasteiger partial charge on any atom is -0.458 e. The molecule has 412 valence electrons. The highest BCUT2D eigenvalue weighted by Gasteiger charge is 2.40. The van der Waals surface area contributed by atoms with Gasteiger partial charge in [-0.3, -0.25) is 13.7 Å². The largest absolute Gasteiger partial charge is 0.458 e. The molecule has 3 heterocycles. The normalized spacial score (nSPS) is 29.0. The average Bonchev–Trinajstić information content (AvgIpc) is 0.691. The molecule has 82 heavy (non-hydrogen) atoms. The van der Waals surface area contributed by atoms with Crippen molar-refractivity contribution in [2.75, 3.05) is 0 Å². The Morgan fingerprint density at radius 3 is 1.99 bits per heavy atom. The maximum atomic E-state index is 10.6. The van der Waals surface area contributed by atoms with E-state index < -0.39 is 224 Å². The smallest absolute Gasteiger partial charge is 0.269 e. The molecule has 0 N–H and O–H groups in total. The van der Waals surface area contributed by atoms with E-state index in [1.807, 2.05) is 67.8 Å². The maximum Gasteiger partial charge on any atom is 0.269 e. The average molecular weight is 1120 g/mol.